The second kappa shape index (κ2) is 7.55. The van der Waals surface area contributed by atoms with Crippen LogP contribution in [0.15, 0.2) is 35.1 Å². The molecule has 1 N–H and O–H groups in total. The average molecular weight is 367 g/mol. The van der Waals surface area contributed by atoms with Crippen molar-refractivity contribution in [2.45, 2.75) is 32.1 Å². The molecule has 1 aromatic heterocycles. The third-order valence-corrected chi connectivity index (χ3v) is 5.84. The summed E-state index contributed by atoms with van der Waals surface area (Å²) in [5, 5.41) is 0.752. The molecule has 0 bridgehead atoms. The van der Waals surface area contributed by atoms with E-state index in [1.54, 1.807) is 11.0 Å². The van der Waals surface area contributed by atoms with Gasteiger partial charge < -0.3 is 14.8 Å². The highest BCUT2D eigenvalue weighted by Gasteiger charge is 2.28. The SMILES string of the molecule is O=C(CC1CCCC1)N1CCN(C(=O)c2cc(=O)[nH]c3ccccc23)CC1. The van der Waals surface area contributed by atoms with Crippen LogP contribution in [-0.4, -0.2) is 52.8 Å². The van der Waals surface area contributed by atoms with Crippen molar-refractivity contribution in [3.05, 3.63) is 46.2 Å². The Morgan fingerprint density at radius 3 is 2.41 bits per heavy atom. The van der Waals surface area contributed by atoms with Gasteiger partial charge in [0.1, 0.15) is 0 Å². The summed E-state index contributed by atoms with van der Waals surface area (Å²) in [6, 6.07) is 8.72. The van der Waals surface area contributed by atoms with Crippen LogP contribution in [0.1, 0.15) is 42.5 Å². The van der Waals surface area contributed by atoms with Gasteiger partial charge in [0.15, 0.2) is 0 Å². The number of piperazine rings is 1. The zero-order chi connectivity index (χ0) is 18.8. The van der Waals surface area contributed by atoms with Gasteiger partial charge in [0, 0.05) is 49.6 Å². The largest absolute Gasteiger partial charge is 0.339 e. The smallest absolute Gasteiger partial charge is 0.254 e. The number of aromatic amines is 1. The molecule has 27 heavy (non-hydrogen) atoms. The van der Waals surface area contributed by atoms with Crippen molar-refractivity contribution in [3.63, 3.8) is 0 Å². The Balaban J connectivity index is 1.43. The molecule has 0 spiro atoms. The van der Waals surface area contributed by atoms with Crippen molar-refractivity contribution in [1.29, 1.82) is 0 Å². The molecule has 0 atom stereocenters. The van der Waals surface area contributed by atoms with Crippen molar-refractivity contribution >= 4 is 22.7 Å². The maximum Gasteiger partial charge on any atom is 0.254 e. The number of hydrogen-bond acceptors (Lipinski definition) is 3. The molecule has 2 amide bonds. The van der Waals surface area contributed by atoms with E-state index in [-0.39, 0.29) is 17.4 Å². The topological polar surface area (TPSA) is 73.5 Å². The molecule has 142 valence electrons. The van der Waals surface area contributed by atoms with Crippen molar-refractivity contribution in [2.24, 2.45) is 5.92 Å². The van der Waals surface area contributed by atoms with Gasteiger partial charge in [-0.05, 0) is 24.8 Å². The maximum atomic E-state index is 13.0. The van der Waals surface area contributed by atoms with E-state index in [0.717, 1.165) is 5.39 Å². The van der Waals surface area contributed by atoms with Gasteiger partial charge in [-0.3, -0.25) is 14.4 Å². The number of aromatic nitrogens is 1. The monoisotopic (exact) mass is 367 g/mol. The van der Waals surface area contributed by atoms with Gasteiger partial charge in [-0.2, -0.15) is 0 Å². The first-order chi connectivity index (χ1) is 13.1. The van der Waals surface area contributed by atoms with Crippen LogP contribution >= 0.6 is 0 Å². The molecule has 6 nitrogen and oxygen atoms in total. The molecule has 1 saturated carbocycles. The number of fused-ring (bicyclic) bond motifs is 1. The van der Waals surface area contributed by atoms with Crippen molar-refractivity contribution in [2.75, 3.05) is 26.2 Å². The van der Waals surface area contributed by atoms with Crippen molar-refractivity contribution in [1.82, 2.24) is 14.8 Å². The second-order valence-corrected chi connectivity index (χ2v) is 7.62. The number of H-pyrrole nitrogens is 1. The summed E-state index contributed by atoms with van der Waals surface area (Å²) in [6.45, 7) is 2.16. The molecule has 1 saturated heterocycles. The van der Waals surface area contributed by atoms with Crippen LogP contribution in [0, 0.1) is 5.92 Å². The quantitative estimate of drug-likeness (QED) is 0.905. The van der Waals surface area contributed by atoms with Gasteiger partial charge in [-0.15, -0.1) is 0 Å². The van der Waals surface area contributed by atoms with E-state index in [4.69, 9.17) is 0 Å². The van der Waals surface area contributed by atoms with E-state index in [0.29, 0.717) is 49.6 Å². The third kappa shape index (κ3) is 3.75. The number of nitrogens with zero attached hydrogens (tertiary/aromatic N) is 2. The van der Waals surface area contributed by atoms with E-state index in [1.807, 2.05) is 23.1 Å². The lowest BCUT2D eigenvalue weighted by molar-refractivity contribution is -0.133. The fourth-order valence-corrected chi connectivity index (χ4v) is 4.30. The number of para-hydroxylation sites is 1. The Morgan fingerprint density at radius 1 is 1.00 bits per heavy atom. The van der Waals surface area contributed by atoms with Gasteiger partial charge >= 0.3 is 0 Å². The summed E-state index contributed by atoms with van der Waals surface area (Å²) in [6.07, 6.45) is 5.46. The van der Waals surface area contributed by atoms with Crippen LogP contribution in [0.25, 0.3) is 10.9 Å². The van der Waals surface area contributed by atoms with Gasteiger partial charge in [-0.1, -0.05) is 31.0 Å². The lowest BCUT2D eigenvalue weighted by atomic mass is 10.0. The number of pyridine rings is 1. The predicted octanol–water partition coefficient (Wildman–Crippen LogP) is 2.39. The summed E-state index contributed by atoms with van der Waals surface area (Å²) in [5.74, 6) is 0.621. The minimum Gasteiger partial charge on any atom is -0.339 e. The lowest BCUT2D eigenvalue weighted by Gasteiger charge is -2.35. The highest BCUT2D eigenvalue weighted by atomic mass is 16.2. The number of benzene rings is 1. The lowest BCUT2D eigenvalue weighted by Crippen LogP contribution is -2.51. The summed E-state index contributed by atoms with van der Waals surface area (Å²) in [4.78, 5) is 43.8. The summed E-state index contributed by atoms with van der Waals surface area (Å²) in [7, 11) is 0. The predicted molar refractivity (Wildman–Crippen MR) is 104 cm³/mol. The number of amides is 2. The molecular formula is C21H25N3O3. The Labute approximate surface area is 158 Å². The minimum absolute atomic E-state index is 0.139. The minimum atomic E-state index is -0.276. The molecule has 4 rings (SSSR count). The molecule has 1 aliphatic carbocycles. The van der Waals surface area contributed by atoms with Crippen LogP contribution in [0.2, 0.25) is 0 Å². The second-order valence-electron chi connectivity index (χ2n) is 7.62. The van der Waals surface area contributed by atoms with E-state index in [9.17, 15) is 14.4 Å². The molecule has 1 aromatic carbocycles. The van der Waals surface area contributed by atoms with Gasteiger partial charge in [0.25, 0.3) is 5.91 Å². The third-order valence-electron chi connectivity index (χ3n) is 5.84. The normalized spacial score (nSPS) is 18.2. The molecule has 2 aliphatic rings. The molecule has 1 aliphatic heterocycles. The average Bonchev–Trinajstić information content (AvgIpc) is 3.20. The molecule has 2 aromatic rings. The van der Waals surface area contributed by atoms with Crippen LogP contribution < -0.4 is 5.56 Å². The Kier molecular flexibility index (Phi) is 4.97. The number of rotatable bonds is 3. The van der Waals surface area contributed by atoms with Crippen LogP contribution in [0.3, 0.4) is 0 Å². The molecule has 6 heteroatoms. The Morgan fingerprint density at radius 2 is 1.67 bits per heavy atom. The van der Waals surface area contributed by atoms with Crippen molar-refractivity contribution in [3.8, 4) is 0 Å². The number of nitrogens with one attached hydrogen (secondary N) is 1. The summed E-state index contributed by atoms with van der Waals surface area (Å²) in [5.41, 5.74) is 0.821. The van der Waals surface area contributed by atoms with Gasteiger partial charge in [0.05, 0.1) is 5.56 Å². The number of hydrogen-bond donors (Lipinski definition) is 1. The standard InChI is InChI=1S/C21H25N3O3/c25-19-14-17(16-7-3-4-8-18(16)22-19)21(27)24-11-9-23(10-12-24)20(26)13-15-5-1-2-6-15/h3-4,7-8,14-15H,1-2,5-6,9-13H2,(H,22,25). The van der Waals surface area contributed by atoms with E-state index in [1.165, 1.54) is 31.7 Å². The fourth-order valence-electron chi connectivity index (χ4n) is 4.30. The van der Waals surface area contributed by atoms with Crippen molar-refractivity contribution < 1.29 is 9.59 Å². The summed E-state index contributed by atoms with van der Waals surface area (Å²) >= 11 is 0. The van der Waals surface area contributed by atoms with Crippen LogP contribution in [0.5, 0.6) is 0 Å². The van der Waals surface area contributed by atoms with E-state index < -0.39 is 0 Å². The molecule has 2 heterocycles. The zero-order valence-electron chi connectivity index (χ0n) is 15.4. The molecule has 2 fully saturated rings. The Hall–Kier alpha value is -2.63. The number of carbonyl (C=O) groups excluding carboxylic acids is 2. The molecule has 0 radical (unpaired) electrons. The zero-order valence-corrected chi connectivity index (χ0v) is 15.4. The highest BCUT2D eigenvalue weighted by Crippen LogP contribution is 2.28. The van der Waals surface area contributed by atoms with Gasteiger partial charge in [-0.25, -0.2) is 0 Å². The first-order valence-corrected chi connectivity index (χ1v) is 9.81. The number of carbonyl (C=O) groups is 2. The first-order valence-electron chi connectivity index (χ1n) is 9.81. The van der Waals surface area contributed by atoms with Crippen LogP contribution in [0.4, 0.5) is 0 Å². The first kappa shape index (κ1) is 17.8. The van der Waals surface area contributed by atoms with E-state index >= 15 is 0 Å². The molecular weight excluding hydrogens is 342 g/mol. The van der Waals surface area contributed by atoms with Gasteiger partial charge in [0.2, 0.25) is 11.5 Å². The van der Waals surface area contributed by atoms with Crippen LogP contribution in [-0.2, 0) is 4.79 Å². The van der Waals surface area contributed by atoms with E-state index in [2.05, 4.69) is 4.98 Å². The fraction of sp³-hybridized carbons (Fsp3) is 0.476. The Bertz CT molecular complexity index is 906. The molecule has 0 unspecified atom stereocenters. The maximum absolute atomic E-state index is 13.0. The highest BCUT2D eigenvalue weighted by molar-refractivity contribution is 6.06. The summed E-state index contributed by atoms with van der Waals surface area (Å²) < 4.78 is 0.